The number of hydrogen-bond donors (Lipinski definition) is 3. The highest BCUT2D eigenvalue weighted by Crippen LogP contribution is 2.31. The second-order valence-corrected chi connectivity index (χ2v) is 4.86. The first-order valence-corrected chi connectivity index (χ1v) is 7.01. The van der Waals surface area contributed by atoms with Gasteiger partial charge in [-0.25, -0.2) is 15.3 Å². The number of carbonyl (C=O) groups excluding carboxylic acids is 1. The zero-order valence-corrected chi connectivity index (χ0v) is 12.4. The molecular formula is C14H13N5O5. The molecule has 10 heteroatoms. The van der Waals surface area contributed by atoms with Crippen molar-refractivity contribution in [3.05, 3.63) is 50.3 Å². The van der Waals surface area contributed by atoms with E-state index in [9.17, 15) is 14.4 Å². The maximum atomic E-state index is 11.7. The third kappa shape index (κ3) is 3.66. The molecule has 0 spiro atoms. The molecule has 1 aliphatic rings. The highest BCUT2D eigenvalue weighted by atomic mass is 16.7. The summed E-state index contributed by atoms with van der Waals surface area (Å²) in [6.45, 7) is 0.185. The second kappa shape index (κ2) is 6.77. The molecule has 0 atom stereocenters. The van der Waals surface area contributed by atoms with Crippen LogP contribution >= 0.6 is 0 Å². The number of rotatable bonds is 5. The molecule has 3 N–H and O–H groups in total. The van der Waals surface area contributed by atoms with Crippen molar-refractivity contribution in [1.29, 1.82) is 0 Å². The SMILES string of the molecule is O=C(CCc1n[nH]c(=O)[nH]c1=O)N/N=C\c1ccc2c(c1)OCO2. The van der Waals surface area contributed by atoms with Gasteiger partial charge in [0.15, 0.2) is 11.5 Å². The number of hydrogen-bond acceptors (Lipinski definition) is 7. The molecule has 10 nitrogen and oxygen atoms in total. The van der Waals surface area contributed by atoms with Crippen molar-refractivity contribution in [2.45, 2.75) is 12.8 Å². The van der Waals surface area contributed by atoms with Crippen molar-refractivity contribution < 1.29 is 14.3 Å². The zero-order chi connectivity index (χ0) is 16.9. The summed E-state index contributed by atoms with van der Waals surface area (Å²) in [6, 6.07) is 5.26. The summed E-state index contributed by atoms with van der Waals surface area (Å²) in [7, 11) is 0. The zero-order valence-electron chi connectivity index (χ0n) is 12.4. The van der Waals surface area contributed by atoms with Gasteiger partial charge in [0.05, 0.1) is 6.21 Å². The van der Waals surface area contributed by atoms with Crippen molar-refractivity contribution in [1.82, 2.24) is 20.6 Å². The number of benzene rings is 1. The molecule has 2 heterocycles. The molecule has 0 saturated carbocycles. The van der Waals surface area contributed by atoms with Crippen LogP contribution < -0.4 is 26.1 Å². The van der Waals surface area contributed by atoms with Crippen LogP contribution in [-0.2, 0) is 11.2 Å². The summed E-state index contributed by atoms with van der Waals surface area (Å²) in [5.41, 5.74) is 1.85. The predicted octanol–water partition coefficient (Wildman–Crippen LogP) is -0.730. The second-order valence-electron chi connectivity index (χ2n) is 4.86. The largest absolute Gasteiger partial charge is 0.454 e. The Balaban J connectivity index is 1.52. The number of H-pyrrole nitrogens is 2. The van der Waals surface area contributed by atoms with E-state index >= 15 is 0 Å². The number of aromatic amines is 2. The van der Waals surface area contributed by atoms with Crippen LogP contribution in [0.15, 0.2) is 32.9 Å². The molecular weight excluding hydrogens is 318 g/mol. The third-order valence-electron chi connectivity index (χ3n) is 3.17. The first kappa shape index (κ1) is 15.5. The highest BCUT2D eigenvalue weighted by Gasteiger charge is 2.12. The lowest BCUT2D eigenvalue weighted by molar-refractivity contribution is -0.121. The van der Waals surface area contributed by atoms with E-state index in [0.717, 1.165) is 5.56 Å². The van der Waals surface area contributed by atoms with Crippen LogP contribution in [-0.4, -0.2) is 34.1 Å². The van der Waals surface area contributed by atoms with Gasteiger partial charge >= 0.3 is 5.69 Å². The smallest absolute Gasteiger partial charge is 0.342 e. The Morgan fingerprint density at radius 1 is 1.33 bits per heavy atom. The standard InChI is InChI=1S/C14H13N5O5/c20-12(4-2-9-13(21)16-14(22)19-17-9)18-15-6-8-1-3-10-11(5-8)24-7-23-10/h1,3,5-6H,2,4,7H2,(H,18,20)(H2,16,19,21,22)/b15-6-. The monoisotopic (exact) mass is 331 g/mol. The molecule has 1 aromatic carbocycles. The number of nitrogens with zero attached hydrogens (tertiary/aromatic N) is 2. The minimum atomic E-state index is -0.693. The molecule has 0 saturated heterocycles. The normalized spacial score (nSPS) is 12.5. The molecule has 1 amide bonds. The van der Waals surface area contributed by atoms with E-state index in [1.165, 1.54) is 6.21 Å². The van der Waals surface area contributed by atoms with Gasteiger partial charge in [0, 0.05) is 12.8 Å². The van der Waals surface area contributed by atoms with Gasteiger partial charge in [0.1, 0.15) is 5.69 Å². The fourth-order valence-electron chi connectivity index (χ4n) is 2.00. The molecule has 3 rings (SSSR count). The van der Waals surface area contributed by atoms with Gasteiger partial charge in [-0.15, -0.1) is 0 Å². The first-order valence-electron chi connectivity index (χ1n) is 7.01. The van der Waals surface area contributed by atoms with E-state index in [4.69, 9.17) is 9.47 Å². The number of ether oxygens (including phenoxy) is 2. The minimum absolute atomic E-state index is 0.000598. The quantitative estimate of drug-likeness (QED) is 0.488. The van der Waals surface area contributed by atoms with Gasteiger partial charge in [-0.05, 0) is 23.8 Å². The summed E-state index contributed by atoms with van der Waals surface area (Å²) in [4.78, 5) is 36.0. The molecule has 24 heavy (non-hydrogen) atoms. The fourth-order valence-corrected chi connectivity index (χ4v) is 2.00. The van der Waals surface area contributed by atoms with Gasteiger partial charge in [0.2, 0.25) is 12.7 Å². The molecule has 0 unspecified atom stereocenters. The number of aryl methyl sites for hydroxylation is 1. The topological polar surface area (TPSA) is 139 Å². The van der Waals surface area contributed by atoms with Crippen LogP contribution in [0.4, 0.5) is 0 Å². The maximum absolute atomic E-state index is 11.7. The van der Waals surface area contributed by atoms with Crippen molar-refractivity contribution in [3.8, 4) is 11.5 Å². The molecule has 2 aromatic rings. The maximum Gasteiger partial charge on any atom is 0.342 e. The van der Waals surface area contributed by atoms with E-state index < -0.39 is 11.2 Å². The van der Waals surface area contributed by atoms with Crippen LogP contribution in [0.5, 0.6) is 11.5 Å². The van der Waals surface area contributed by atoms with Gasteiger partial charge in [-0.2, -0.15) is 10.2 Å². The fraction of sp³-hybridized carbons (Fsp3) is 0.214. The van der Waals surface area contributed by atoms with Crippen LogP contribution in [0.3, 0.4) is 0 Å². The average Bonchev–Trinajstić information content (AvgIpc) is 3.02. The summed E-state index contributed by atoms with van der Waals surface area (Å²) in [5.74, 6) is 0.892. The number of hydrazone groups is 1. The van der Waals surface area contributed by atoms with Crippen molar-refractivity contribution >= 4 is 12.1 Å². The van der Waals surface area contributed by atoms with Gasteiger partial charge < -0.3 is 9.47 Å². The van der Waals surface area contributed by atoms with Crippen LogP contribution in [0, 0.1) is 0 Å². The first-order chi connectivity index (χ1) is 11.6. The number of aromatic nitrogens is 3. The Hall–Kier alpha value is -3.43. The predicted molar refractivity (Wildman–Crippen MR) is 82.1 cm³/mol. The Morgan fingerprint density at radius 2 is 2.17 bits per heavy atom. The highest BCUT2D eigenvalue weighted by molar-refractivity contribution is 5.83. The van der Waals surface area contributed by atoms with Crippen molar-refractivity contribution in [2.75, 3.05) is 6.79 Å². The van der Waals surface area contributed by atoms with Crippen LogP contribution in [0.2, 0.25) is 0 Å². The van der Waals surface area contributed by atoms with Crippen LogP contribution in [0.25, 0.3) is 0 Å². The molecule has 1 aromatic heterocycles. The summed E-state index contributed by atoms with van der Waals surface area (Å²) >= 11 is 0. The molecule has 0 bridgehead atoms. The van der Waals surface area contributed by atoms with Gasteiger partial charge in [-0.3, -0.25) is 14.6 Å². The van der Waals surface area contributed by atoms with E-state index in [0.29, 0.717) is 11.5 Å². The van der Waals surface area contributed by atoms with Gasteiger partial charge in [-0.1, -0.05) is 0 Å². The molecule has 1 aliphatic heterocycles. The van der Waals surface area contributed by atoms with E-state index in [1.54, 1.807) is 18.2 Å². The number of nitrogens with one attached hydrogen (secondary N) is 3. The third-order valence-corrected chi connectivity index (χ3v) is 3.17. The Bertz CT molecular complexity index is 901. The Labute approximate surface area is 134 Å². The Kier molecular flexibility index (Phi) is 4.36. The van der Waals surface area contributed by atoms with Gasteiger partial charge in [0.25, 0.3) is 5.56 Å². The Morgan fingerprint density at radius 3 is 3.00 bits per heavy atom. The molecule has 0 fully saturated rings. The lowest BCUT2D eigenvalue weighted by Crippen LogP contribution is -2.28. The number of amides is 1. The molecule has 0 aliphatic carbocycles. The minimum Gasteiger partial charge on any atom is -0.454 e. The van der Waals surface area contributed by atoms with Crippen LogP contribution in [0.1, 0.15) is 17.7 Å². The molecule has 0 radical (unpaired) electrons. The summed E-state index contributed by atoms with van der Waals surface area (Å²) in [6.07, 6.45) is 1.54. The number of fused-ring (bicyclic) bond motifs is 1. The average molecular weight is 331 g/mol. The van der Waals surface area contributed by atoms with E-state index in [2.05, 4.69) is 20.7 Å². The summed E-state index contributed by atoms with van der Waals surface area (Å²) in [5, 5.41) is 9.52. The van der Waals surface area contributed by atoms with E-state index in [-0.39, 0.29) is 31.2 Å². The lowest BCUT2D eigenvalue weighted by Gasteiger charge is -2.00. The van der Waals surface area contributed by atoms with E-state index in [1.807, 2.05) is 4.98 Å². The lowest BCUT2D eigenvalue weighted by atomic mass is 10.2. The number of carbonyl (C=O) groups is 1. The molecule has 124 valence electrons. The van der Waals surface area contributed by atoms with Crippen molar-refractivity contribution in [3.63, 3.8) is 0 Å². The van der Waals surface area contributed by atoms with Crippen molar-refractivity contribution in [2.24, 2.45) is 5.10 Å². The summed E-state index contributed by atoms with van der Waals surface area (Å²) < 4.78 is 10.4.